The molecule has 21 heavy (non-hydrogen) atoms. The Bertz CT molecular complexity index is 618. The molecule has 1 fully saturated rings. The summed E-state index contributed by atoms with van der Waals surface area (Å²) in [6.45, 7) is 4.46. The van der Waals surface area contributed by atoms with Gasteiger partial charge in [-0.1, -0.05) is 24.3 Å². The Hall–Kier alpha value is -1.76. The summed E-state index contributed by atoms with van der Waals surface area (Å²) in [6.07, 6.45) is 0. The van der Waals surface area contributed by atoms with Crippen LogP contribution in [0.4, 0.5) is 0 Å². The highest BCUT2D eigenvalue weighted by molar-refractivity contribution is 7.13. The maximum absolute atomic E-state index is 10.8. The van der Waals surface area contributed by atoms with Gasteiger partial charge in [0.25, 0.3) is 0 Å². The molecule has 0 radical (unpaired) electrons. The van der Waals surface area contributed by atoms with E-state index in [2.05, 4.69) is 22.0 Å². The normalized spacial score (nSPS) is 16.0. The van der Waals surface area contributed by atoms with Crippen molar-refractivity contribution < 1.29 is 14.6 Å². The first-order chi connectivity index (χ1) is 10.2. The van der Waals surface area contributed by atoms with Crippen LogP contribution < -0.4 is 0 Å². The summed E-state index contributed by atoms with van der Waals surface area (Å²) in [5, 5.41) is 11.2. The van der Waals surface area contributed by atoms with Gasteiger partial charge in [-0.3, -0.25) is 4.90 Å². The van der Waals surface area contributed by atoms with Crippen LogP contribution in [-0.4, -0.2) is 47.3 Å². The number of aromatic nitrogens is 1. The zero-order valence-corrected chi connectivity index (χ0v) is 12.3. The number of carboxylic acids is 1. The van der Waals surface area contributed by atoms with E-state index in [4.69, 9.17) is 9.84 Å². The molecule has 1 saturated heterocycles. The van der Waals surface area contributed by atoms with E-state index < -0.39 is 5.97 Å². The first kappa shape index (κ1) is 14.2. The number of morpholine rings is 1. The number of nitrogens with zero attached hydrogens (tertiary/aromatic N) is 2. The molecule has 0 atom stereocenters. The summed E-state index contributed by atoms with van der Waals surface area (Å²) in [7, 11) is 0. The van der Waals surface area contributed by atoms with Gasteiger partial charge in [0.2, 0.25) is 0 Å². The Balaban J connectivity index is 1.69. The molecular formula is C15H16N2O3S. The molecule has 2 heterocycles. The van der Waals surface area contributed by atoms with Gasteiger partial charge in [0, 0.05) is 30.6 Å². The summed E-state index contributed by atoms with van der Waals surface area (Å²) in [4.78, 5) is 17.3. The fraction of sp³-hybridized carbons (Fsp3) is 0.333. The fourth-order valence-electron chi connectivity index (χ4n) is 2.27. The third-order valence-electron chi connectivity index (χ3n) is 3.43. The molecule has 0 amide bonds. The first-order valence-corrected chi connectivity index (χ1v) is 7.68. The molecule has 0 unspecified atom stereocenters. The lowest BCUT2D eigenvalue weighted by Gasteiger charge is -2.26. The molecule has 0 saturated carbocycles. The monoisotopic (exact) mass is 304 g/mol. The number of carbonyl (C=O) groups is 1. The smallest absolute Gasteiger partial charge is 0.355 e. The molecule has 3 rings (SSSR count). The van der Waals surface area contributed by atoms with Crippen LogP contribution >= 0.6 is 11.3 Å². The van der Waals surface area contributed by atoms with Crippen LogP contribution in [-0.2, 0) is 11.3 Å². The van der Waals surface area contributed by atoms with Crippen molar-refractivity contribution in [2.45, 2.75) is 6.54 Å². The highest BCUT2D eigenvalue weighted by atomic mass is 32.1. The minimum atomic E-state index is -0.985. The molecule has 0 bridgehead atoms. The molecule has 2 aromatic rings. The second-order valence-corrected chi connectivity index (χ2v) is 5.79. The minimum absolute atomic E-state index is 0.104. The van der Waals surface area contributed by atoms with E-state index in [1.807, 2.05) is 12.1 Å². The van der Waals surface area contributed by atoms with Crippen molar-refractivity contribution >= 4 is 17.3 Å². The number of aromatic carboxylic acids is 1. The summed E-state index contributed by atoms with van der Waals surface area (Å²) in [6, 6.07) is 8.15. The quantitative estimate of drug-likeness (QED) is 0.939. The van der Waals surface area contributed by atoms with Crippen LogP contribution in [0.5, 0.6) is 0 Å². The van der Waals surface area contributed by atoms with Crippen molar-refractivity contribution in [3.05, 3.63) is 40.9 Å². The van der Waals surface area contributed by atoms with E-state index in [0.29, 0.717) is 0 Å². The summed E-state index contributed by atoms with van der Waals surface area (Å²) in [5.74, 6) is -0.985. The van der Waals surface area contributed by atoms with Gasteiger partial charge >= 0.3 is 5.97 Å². The first-order valence-electron chi connectivity index (χ1n) is 6.80. The number of hydrogen-bond acceptors (Lipinski definition) is 5. The Labute approximate surface area is 126 Å². The molecule has 6 heteroatoms. The van der Waals surface area contributed by atoms with Gasteiger partial charge in [-0.05, 0) is 5.56 Å². The molecule has 1 aromatic carbocycles. The Morgan fingerprint density at radius 3 is 2.62 bits per heavy atom. The molecule has 0 spiro atoms. The Morgan fingerprint density at radius 2 is 2.00 bits per heavy atom. The van der Waals surface area contributed by atoms with Crippen LogP contribution in [0.2, 0.25) is 0 Å². The van der Waals surface area contributed by atoms with E-state index in [1.54, 1.807) is 5.38 Å². The average molecular weight is 304 g/mol. The van der Waals surface area contributed by atoms with E-state index >= 15 is 0 Å². The second kappa shape index (κ2) is 6.34. The van der Waals surface area contributed by atoms with Crippen molar-refractivity contribution in [2.75, 3.05) is 26.3 Å². The summed E-state index contributed by atoms with van der Waals surface area (Å²) in [5.41, 5.74) is 2.31. The Morgan fingerprint density at radius 1 is 1.29 bits per heavy atom. The topological polar surface area (TPSA) is 62.7 Å². The lowest BCUT2D eigenvalue weighted by atomic mass is 10.1. The van der Waals surface area contributed by atoms with Crippen molar-refractivity contribution in [2.24, 2.45) is 0 Å². The zero-order valence-electron chi connectivity index (χ0n) is 11.5. The van der Waals surface area contributed by atoms with Gasteiger partial charge in [-0.15, -0.1) is 11.3 Å². The molecule has 1 aliphatic rings. The van der Waals surface area contributed by atoms with Gasteiger partial charge in [-0.25, -0.2) is 9.78 Å². The summed E-state index contributed by atoms with van der Waals surface area (Å²) < 4.78 is 5.34. The van der Waals surface area contributed by atoms with Gasteiger partial charge in [0.05, 0.1) is 13.2 Å². The highest BCUT2D eigenvalue weighted by Gasteiger charge is 2.12. The molecule has 1 aromatic heterocycles. The van der Waals surface area contributed by atoms with Crippen LogP contribution in [0, 0.1) is 0 Å². The fourth-order valence-corrected chi connectivity index (χ4v) is 3.07. The number of hydrogen-bond donors (Lipinski definition) is 1. The molecule has 1 aliphatic heterocycles. The number of benzene rings is 1. The van der Waals surface area contributed by atoms with Crippen LogP contribution in [0.15, 0.2) is 29.6 Å². The van der Waals surface area contributed by atoms with E-state index in [1.165, 1.54) is 16.9 Å². The SMILES string of the molecule is O=C(O)c1csc(-c2ccc(CN3CCOCC3)cc2)n1. The summed E-state index contributed by atoms with van der Waals surface area (Å²) >= 11 is 1.35. The average Bonchev–Trinajstić information content (AvgIpc) is 2.99. The highest BCUT2D eigenvalue weighted by Crippen LogP contribution is 2.24. The van der Waals surface area contributed by atoms with Crippen LogP contribution in [0.1, 0.15) is 16.1 Å². The minimum Gasteiger partial charge on any atom is -0.476 e. The van der Waals surface area contributed by atoms with Gasteiger partial charge in [0.15, 0.2) is 5.69 Å². The van der Waals surface area contributed by atoms with Crippen molar-refractivity contribution in [3.8, 4) is 10.6 Å². The molecular weight excluding hydrogens is 288 g/mol. The number of carboxylic acid groups (broad SMARTS) is 1. The van der Waals surface area contributed by atoms with Crippen LogP contribution in [0.3, 0.4) is 0 Å². The van der Waals surface area contributed by atoms with E-state index in [-0.39, 0.29) is 5.69 Å². The predicted molar refractivity (Wildman–Crippen MR) is 80.6 cm³/mol. The Kier molecular flexibility index (Phi) is 4.28. The van der Waals surface area contributed by atoms with E-state index in [0.717, 1.165) is 43.4 Å². The van der Waals surface area contributed by atoms with Crippen molar-refractivity contribution in [3.63, 3.8) is 0 Å². The predicted octanol–water partition coefficient (Wildman–Crippen LogP) is 2.34. The standard InChI is InChI=1S/C15H16N2O3S/c18-15(19)13-10-21-14(16-13)12-3-1-11(2-4-12)9-17-5-7-20-8-6-17/h1-4,10H,5-9H2,(H,18,19). The van der Waals surface area contributed by atoms with Gasteiger partial charge in [-0.2, -0.15) is 0 Å². The van der Waals surface area contributed by atoms with Crippen molar-refractivity contribution in [1.29, 1.82) is 0 Å². The number of rotatable bonds is 4. The van der Waals surface area contributed by atoms with Gasteiger partial charge in [0.1, 0.15) is 5.01 Å². The molecule has 110 valence electrons. The number of ether oxygens (including phenoxy) is 1. The zero-order chi connectivity index (χ0) is 14.7. The van der Waals surface area contributed by atoms with Crippen molar-refractivity contribution in [1.82, 2.24) is 9.88 Å². The molecule has 0 aliphatic carbocycles. The van der Waals surface area contributed by atoms with E-state index in [9.17, 15) is 4.79 Å². The lowest BCUT2D eigenvalue weighted by molar-refractivity contribution is 0.0342. The third-order valence-corrected chi connectivity index (χ3v) is 4.33. The largest absolute Gasteiger partial charge is 0.476 e. The second-order valence-electron chi connectivity index (χ2n) is 4.93. The lowest BCUT2D eigenvalue weighted by Crippen LogP contribution is -2.35. The maximum atomic E-state index is 10.8. The maximum Gasteiger partial charge on any atom is 0.355 e. The third kappa shape index (κ3) is 3.47. The number of thiazole rings is 1. The molecule has 1 N–H and O–H groups in total. The van der Waals surface area contributed by atoms with Gasteiger partial charge < -0.3 is 9.84 Å². The molecule has 5 nitrogen and oxygen atoms in total. The van der Waals surface area contributed by atoms with Crippen LogP contribution in [0.25, 0.3) is 10.6 Å².